The molecule has 1 aromatic carbocycles. The molecule has 3 nitrogen and oxygen atoms in total. The lowest BCUT2D eigenvalue weighted by Crippen LogP contribution is -2.09. The van der Waals surface area contributed by atoms with Crippen molar-refractivity contribution >= 4 is 5.78 Å². The molecule has 0 aromatic heterocycles. The average molecular weight is 248 g/mol. The van der Waals surface area contributed by atoms with E-state index in [0.717, 1.165) is 0 Å². The molecule has 0 bridgehead atoms. The molecule has 0 heterocycles. The Morgan fingerprint density at radius 1 is 1.18 bits per heavy atom. The minimum Gasteiger partial charge on any atom is -0.507 e. The van der Waals surface area contributed by atoms with E-state index in [2.05, 4.69) is 0 Å². The van der Waals surface area contributed by atoms with E-state index in [1.165, 1.54) is 0 Å². The Labute approximate surface area is 95.5 Å². The van der Waals surface area contributed by atoms with E-state index in [1.54, 1.807) is 6.92 Å². The van der Waals surface area contributed by atoms with Gasteiger partial charge in [-0.05, 0) is 6.42 Å². The van der Waals surface area contributed by atoms with Crippen LogP contribution in [0, 0.1) is 11.6 Å². The van der Waals surface area contributed by atoms with Crippen molar-refractivity contribution in [2.45, 2.75) is 19.8 Å². The summed E-state index contributed by atoms with van der Waals surface area (Å²) in [5.41, 5.74) is -1.34. The summed E-state index contributed by atoms with van der Waals surface area (Å²) in [4.78, 5) is 11.1. The molecule has 94 valence electrons. The van der Waals surface area contributed by atoms with E-state index < -0.39 is 41.2 Å². The fraction of sp³-hybridized carbons (Fsp3) is 0.364. The summed E-state index contributed by atoms with van der Waals surface area (Å²) >= 11 is 0. The van der Waals surface area contributed by atoms with Gasteiger partial charge in [-0.1, -0.05) is 13.3 Å². The first-order valence-corrected chi connectivity index (χ1v) is 4.96. The SMILES string of the molecule is CCCc1c(O)c(F)c(F)c(C(=O)CF)c1O. The first-order chi connectivity index (χ1) is 7.95. The normalized spacial score (nSPS) is 10.6. The molecular weight excluding hydrogens is 237 g/mol. The highest BCUT2D eigenvalue weighted by Crippen LogP contribution is 2.37. The van der Waals surface area contributed by atoms with Crippen LogP contribution in [0.25, 0.3) is 0 Å². The number of hydrogen-bond acceptors (Lipinski definition) is 3. The molecule has 1 rings (SSSR count). The highest BCUT2D eigenvalue weighted by Gasteiger charge is 2.27. The number of ketones is 1. The number of rotatable bonds is 4. The summed E-state index contributed by atoms with van der Waals surface area (Å²) in [6, 6.07) is 0. The molecular formula is C11H11F3O3. The van der Waals surface area contributed by atoms with Crippen molar-refractivity contribution in [3.8, 4) is 11.5 Å². The predicted molar refractivity (Wildman–Crippen MR) is 54.0 cm³/mol. The van der Waals surface area contributed by atoms with Crippen LogP contribution in [-0.2, 0) is 6.42 Å². The molecule has 1 aromatic rings. The second-order valence-electron chi connectivity index (χ2n) is 3.49. The molecule has 0 radical (unpaired) electrons. The van der Waals surface area contributed by atoms with Crippen molar-refractivity contribution in [3.05, 3.63) is 22.8 Å². The number of phenolic OH excluding ortho intramolecular Hbond substituents is 2. The fourth-order valence-corrected chi connectivity index (χ4v) is 1.52. The molecule has 0 fully saturated rings. The maximum atomic E-state index is 13.3. The van der Waals surface area contributed by atoms with E-state index in [1.807, 2.05) is 0 Å². The first kappa shape index (κ1) is 13.3. The lowest BCUT2D eigenvalue weighted by molar-refractivity contribution is 0.0950. The van der Waals surface area contributed by atoms with Crippen LogP contribution >= 0.6 is 0 Å². The molecule has 0 aliphatic rings. The van der Waals surface area contributed by atoms with E-state index in [4.69, 9.17) is 0 Å². The van der Waals surface area contributed by atoms with Gasteiger partial charge in [0.25, 0.3) is 0 Å². The van der Waals surface area contributed by atoms with E-state index in [-0.39, 0.29) is 12.0 Å². The average Bonchev–Trinajstić information content (AvgIpc) is 2.32. The molecule has 0 saturated carbocycles. The Bertz CT molecular complexity index is 458. The molecule has 0 aliphatic heterocycles. The van der Waals surface area contributed by atoms with Crippen molar-refractivity contribution in [2.24, 2.45) is 0 Å². The maximum absolute atomic E-state index is 13.3. The quantitative estimate of drug-likeness (QED) is 0.805. The molecule has 6 heteroatoms. The third-order valence-corrected chi connectivity index (χ3v) is 2.33. The minimum absolute atomic E-state index is 0.0431. The van der Waals surface area contributed by atoms with Crippen LogP contribution in [-0.4, -0.2) is 22.7 Å². The molecule has 0 amide bonds. The fourth-order valence-electron chi connectivity index (χ4n) is 1.52. The number of aromatic hydroxyl groups is 2. The standard InChI is InChI=1S/C11H11F3O3/c1-2-3-5-10(16)7(6(15)4-12)8(13)9(14)11(5)17/h16-17H,2-4H2,1H3. The number of phenols is 2. The highest BCUT2D eigenvalue weighted by atomic mass is 19.2. The van der Waals surface area contributed by atoms with Gasteiger partial charge >= 0.3 is 0 Å². The van der Waals surface area contributed by atoms with Crippen LogP contribution in [0.1, 0.15) is 29.3 Å². The topological polar surface area (TPSA) is 57.5 Å². The van der Waals surface area contributed by atoms with E-state index in [9.17, 15) is 28.2 Å². The molecule has 0 aliphatic carbocycles. The third-order valence-electron chi connectivity index (χ3n) is 2.33. The van der Waals surface area contributed by atoms with Crippen molar-refractivity contribution < 1.29 is 28.2 Å². The van der Waals surface area contributed by atoms with E-state index in [0.29, 0.717) is 6.42 Å². The smallest absolute Gasteiger partial charge is 0.201 e. The van der Waals surface area contributed by atoms with Gasteiger partial charge in [0.15, 0.2) is 18.2 Å². The van der Waals surface area contributed by atoms with Gasteiger partial charge in [-0.15, -0.1) is 0 Å². The van der Waals surface area contributed by atoms with Gasteiger partial charge in [0.1, 0.15) is 11.3 Å². The predicted octanol–water partition coefficient (Wildman–Crippen LogP) is 2.48. The lowest BCUT2D eigenvalue weighted by Gasteiger charge is -2.12. The van der Waals surface area contributed by atoms with Crippen molar-refractivity contribution in [1.29, 1.82) is 0 Å². The Hall–Kier alpha value is -1.72. The summed E-state index contributed by atoms with van der Waals surface area (Å²) in [7, 11) is 0. The minimum atomic E-state index is -1.73. The summed E-state index contributed by atoms with van der Waals surface area (Å²) in [5.74, 6) is -6.69. The lowest BCUT2D eigenvalue weighted by atomic mass is 10.00. The Kier molecular flexibility index (Phi) is 3.98. The summed E-state index contributed by atoms with van der Waals surface area (Å²) in [6.45, 7) is 0.122. The number of halogens is 3. The van der Waals surface area contributed by atoms with Gasteiger partial charge in [-0.3, -0.25) is 4.79 Å². The summed E-state index contributed by atoms with van der Waals surface area (Å²) in [5, 5.41) is 18.8. The molecule has 17 heavy (non-hydrogen) atoms. The zero-order valence-corrected chi connectivity index (χ0v) is 9.06. The summed E-state index contributed by atoms with van der Waals surface area (Å²) in [6.07, 6.45) is 0.469. The second-order valence-corrected chi connectivity index (χ2v) is 3.49. The monoisotopic (exact) mass is 248 g/mol. The van der Waals surface area contributed by atoms with Gasteiger partial charge in [-0.25, -0.2) is 8.78 Å². The van der Waals surface area contributed by atoms with Crippen molar-refractivity contribution in [3.63, 3.8) is 0 Å². The van der Waals surface area contributed by atoms with Gasteiger partial charge in [0.2, 0.25) is 11.6 Å². The molecule has 0 atom stereocenters. The molecule has 0 saturated heterocycles. The molecule has 0 unspecified atom stereocenters. The Morgan fingerprint density at radius 2 is 1.76 bits per heavy atom. The number of carbonyl (C=O) groups excluding carboxylic acids is 1. The van der Waals surface area contributed by atoms with Crippen molar-refractivity contribution in [2.75, 3.05) is 6.67 Å². The van der Waals surface area contributed by atoms with Gasteiger partial charge in [0, 0.05) is 5.56 Å². The number of alkyl halides is 1. The summed E-state index contributed by atoms with van der Waals surface area (Å²) < 4.78 is 38.7. The van der Waals surface area contributed by atoms with Crippen LogP contribution in [0.15, 0.2) is 0 Å². The number of hydrogen-bond donors (Lipinski definition) is 2. The van der Waals surface area contributed by atoms with Crippen molar-refractivity contribution in [1.82, 2.24) is 0 Å². The van der Waals surface area contributed by atoms with Gasteiger partial charge in [-0.2, -0.15) is 4.39 Å². The van der Waals surface area contributed by atoms with Gasteiger partial charge < -0.3 is 10.2 Å². The first-order valence-electron chi connectivity index (χ1n) is 4.96. The number of carbonyl (C=O) groups is 1. The zero-order chi connectivity index (χ0) is 13.2. The molecule has 0 spiro atoms. The highest BCUT2D eigenvalue weighted by molar-refractivity contribution is 6.00. The van der Waals surface area contributed by atoms with E-state index >= 15 is 0 Å². The zero-order valence-electron chi connectivity index (χ0n) is 9.06. The third kappa shape index (κ3) is 2.20. The molecule has 2 N–H and O–H groups in total. The number of Topliss-reactive ketones (excluding diaryl/α,β-unsaturated/α-hetero) is 1. The largest absolute Gasteiger partial charge is 0.507 e. The van der Waals surface area contributed by atoms with Crippen LogP contribution in [0.3, 0.4) is 0 Å². The second kappa shape index (κ2) is 5.07. The van der Waals surface area contributed by atoms with Crippen LogP contribution in [0.5, 0.6) is 11.5 Å². The number of benzene rings is 1. The Balaban J connectivity index is 3.55. The van der Waals surface area contributed by atoms with Crippen LogP contribution in [0.2, 0.25) is 0 Å². The van der Waals surface area contributed by atoms with Crippen LogP contribution in [0.4, 0.5) is 13.2 Å². The Morgan fingerprint density at radius 3 is 2.24 bits per heavy atom. The van der Waals surface area contributed by atoms with Crippen LogP contribution < -0.4 is 0 Å². The maximum Gasteiger partial charge on any atom is 0.201 e. The van der Waals surface area contributed by atoms with Gasteiger partial charge in [0.05, 0.1) is 0 Å².